The number of carbonyl (C=O) groups excluding carboxylic acids is 1. The van der Waals surface area contributed by atoms with Crippen molar-refractivity contribution < 1.29 is 9.18 Å². The van der Waals surface area contributed by atoms with E-state index in [0.717, 1.165) is 17.5 Å². The third kappa shape index (κ3) is 2.79. The Balaban J connectivity index is 2.14. The van der Waals surface area contributed by atoms with Crippen LogP contribution in [0.2, 0.25) is 0 Å². The standard InChI is InChI=1S/C12H13FN2OS/c1-2-3-7-10(16)14-12-15-11-8(13)5-4-6-9(11)17-12/h4-6H,2-3,7H2,1H3,(H,14,15,16). The lowest BCUT2D eigenvalue weighted by Gasteiger charge is -1.98. The van der Waals surface area contributed by atoms with Crippen LogP contribution in [0.15, 0.2) is 18.2 Å². The van der Waals surface area contributed by atoms with Gasteiger partial charge in [-0.15, -0.1) is 0 Å². The van der Waals surface area contributed by atoms with Crippen molar-refractivity contribution in [1.82, 2.24) is 4.98 Å². The van der Waals surface area contributed by atoms with E-state index in [4.69, 9.17) is 0 Å². The number of aromatic nitrogens is 1. The summed E-state index contributed by atoms with van der Waals surface area (Å²) < 4.78 is 14.1. The normalized spacial score (nSPS) is 10.7. The van der Waals surface area contributed by atoms with Gasteiger partial charge < -0.3 is 5.32 Å². The quantitative estimate of drug-likeness (QED) is 0.904. The van der Waals surface area contributed by atoms with Crippen LogP contribution in [-0.2, 0) is 4.79 Å². The van der Waals surface area contributed by atoms with Crippen LogP contribution >= 0.6 is 11.3 Å². The Kier molecular flexibility index (Phi) is 3.68. The van der Waals surface area contributed by atoms with Crippen LogP contribution in [0, 0.1) is 5.82 Å². The largest absolute Gasteiger partial charge is 0.302 e. The van der Waals surface area contributed by atoms with E-state index in [1.165, 1.54) is 17.4 Å². The molecule has 0 aliphatic heterocycles. The minimum absolute atomic E-state index is 0.0636. The van der Waals surface area contributed by atoms with Crippen LogP contribution in [0.1, 0.15) is 26.2 Å². The lowest BCUT2D eigenvalue weighted by Crippen LogP contribution is -2.10. The zero-order chi connectivity index (χ0) is 12.3. The molecule has 1 aromatic carbocycles. The lowest BCUT2D eigenvalue weighted by molar-refractivity contribution is -0.116. The minimum atomic E-state index is -0.354. The monoisotopic (exact) mass is 252 g/mol. The molecule has 0 bridgehead atoms. The van der Waals surface area contributed by atoms with E-state index in [1.54, 1.807) is 12.1 Å². The number of halogens is 1. The second-order valence-corrected chi connectivity index (χ2v) is 4.79. The van der Waals surface area contributed by atoms with Gasteiger partial charge in [-0.1, -0.05) is 30.7 Å². The van der Waals surface area contributed by atoms with Gasteiger partial charge in [0, 0.05) is 6.42 Å². The number of thiazole rings is 1. The second kappa shape index (κ2) is 5.23. The first kappa shape index (κ1) is 12.0. The zero-order valence-corrected chi connectivity index (χ0v) is 10.3. The lowest BCUT2D eigenvalue weighted by atomic mass is 10.2. The fourth-order valence-corrected chi connectivity index (χ4v) is 2.38. The topological polar surface area (TPSA) is 42.0 Å². The molecule has 1 aromatic heterocycles. The molecule has 5 heteroatoms. The molecule has 1 N–H and O–H groups in total. The number of hydrogen-bond acceptors (Lipinski definition) is 3. The third-order valence-corrected chi connectivity index (χ3v) is 3.31. The van der Waals surface area contributed by atoms with Crippen molar-refractivity contribution in [3.63, 3.8) is 0 Å². The number of unbranched alkanes of at least 4 members (excludes halogenated alkanes) is 1. The molecule has 1 amide bonds. The molecule has 17 heavy (non-hydrogen) atoms. The first-order valence-corrected chi connectivity index (χ1v) is 6.37. The van der Waals surface area contributed by atoms with Gasteiger partial charge in [-0.05, 0) is 18.6 Å². The van der Waals surface area contributed by atoms with Crippen molar-refractivity contribution in [2.45, 2.75) is 26.2 Å². The molecular formula is C12H13FN2OS. The van der Waals surface area contributed by atoms with Crippen LogP contribution in [0.25, 0.3) is 10.2 Å². The number of nitrogens with zero attached hydrogens (tertiary/aromatic N) is 1. The van der Waals surface area contributed by atoms with Crippen molar-refractivity contribution in [1.29, 1.82) is 0 Å². The highest BCUT2D eigenvalue weighted by molar-refractivity contribution is 7.22. The SMILES string of the molecule is CCCCC(=O)Nc1nc2c(F)cccc2s1. The molecule has 0 fully saturated rings. The summed E-state index contributed by atoms with van der Waals surface area (Å²) in [6.07, 6.45) is 2.31. The molecule has 0 atom stereocenters. The van der Waals surface area contributed by atoms with Crippen LogP contribution in [0.5, 0.6) is 0 Å². The van der Waals surface area contributed by atoms with E-state index < -0.39 is 0 Å². The fraction of sp³-hybridized carbons (Fsp3) is 0.333. The van der Waals surface area contributed by atoms with Gasteiger partial charge >= 0.3 is 0 Å². The summed E-state index contributed by atoms with van der Waals surface area (Å²) in [5, 5.41) is 3.16. The van der Waals surface area contributed by atoms with Crippen LogP contribution in [-0.4, -0.2) is 10.9 Å². The van der Waals surface area contributed by atoms with Gasteiger partial charge in [0.1, 0.15) is 11.3 Å². The smallest absolute Gasteiger partial charge is 0.226 e. The Labute approximate surface area is 103 Å². The summed E-state index contributed by atoms with van der Waals surface area (Å²) in [5.41, 5.74) is 0.322. The molecule has 90 valence electrons. The number of rotatable bonds is 4. The highest BCUT2D eigenvalue weighted by atomic mass is 32.1. The summed E-state index contributed by atoms with van der Waals surface area (Å²) in [6, 6.07) is 4.79. The van der Waals surface area contributed by atoms with E-state index in [1.807, 2.05) is 6.92 Å². The maximum Gasteiger partial charge on any atom is 0.226 e. The Morgan fingerprint density at radius 2 is 2.35 bits per heavy atom. The van der Waals surface area contributed by atoms with Crippen molar-refractivity contribution in [2.24, 2.45) is 0 Å². The molecule has 0 spiro atoms. The third-order valence-electron chi connectivity index (χ3n) is 2.37. The Morgan fingerprint density at radius 3 is 3.06 bits per heavy atom. The zero-order valence-electron chi connectivity index (χ0n) is 9.50. The molecule has 3 nitrogen and oxygen atoms in total. The second-order valence-electron chi connectivity index (χ2n) is 3.76. The molecule has 0 unspecified atom stereocenters. The molecule has 0 radical (unpaired) electrons. The van der Waals surface area contributed by atoms with Crippen LogP contribution in [0.4, 0.5) is 9.52 Å². The number of carbonyl (C=O) groups is 1. The van der Waals surface area contributed by atoms with E-state index in [-0.39, 0.29) is 11.7 Å². The van der Waals surface area contributed by atoms with E-state index in [0.29, 0.717) is 17.1 Å². The molecule has 0 aliphatic carbocycles. The summed E-state index contributed by atoms with van der Waals surface area (Å²) in [7, 11) is 0. The molecule has 0 aliphatic rings. The van der Waals surface area contributed by atoms with Gasteiger partial charge in [0.2, 0.25) is 5.91 Å². The van der Waals surface area contributed by atoms with Gasteiger partial charge in [0.15, 0.2) is 5.13 Å². The van der Waals surface area contributed by atoms with Gasteiger partial charge in [-0.25, -0.2) is 9.37 Å². The van der Waals surface area contributed by atoms with E-state index in [9.17, 15) is 9.18 Å². The number of fused-ring (bicyclic) bond motifs is 1. The van der Waals surface area contributed by atoms with E-state index >= 15 is 0 Å². The first-order valence-electron chi connectivity index (χ1n) is 5.55. The highest BCUT2D eigenvalue weighted by Crippen LogP contribution is 2.27. The molecule has 2 aromatic rings. The number of benzene rings is 1. The highest BCUT2D eigenvalue weighted by Gasteiger charge is 2.09. The number of amides is 1. The number of hydrogen-bond donors (Lipinski definition) is 1. The fourth-order valence-electron chi connectivity index (χ4n) is 1.49. The van der Waals surface area contributed by atoms with Gasteiger partial charge in [-0.2, -0.15) is 0 Å². The molecule has 0 saturated carbocycles. The predicted molar refractivity (Wildman–Crippen MR) is 67.7 cm³/mol. The summed E-state index contributed by atoms with van der Waals surface area (Å²) in [6.45, 7) is 2.03. The number of anilines is 1. The Bertz CT molecular complexity index is 538. The Hall–Kier alpha value is -1.49. The molecule has 2 rings (SSSR count). The summed E-state index contributed by atoms with van der Waals surface area (Å²) in [4.78, 5) is 15.6. The van der Waals surface area contributed by atoms with Crippen molar-refractivity contribution in [2.75, 3.05) is 5.32 Å². The van der Waals surface area contributed by atoms with Crippen LogP contribution < -0.4 is 5.32 Å². The maximum absolute atomic E-state index is 13.4. The van der Waals surface area contributed by atoms with Crippen molar-refractivity contribution >= 4 is 32.6 Å². The summed E-state index contributed by atoms with van der Waals surface area (Å²) >= 11 is 1.29. The molecule has 1 heterocycles. The van der Waals surface area contributed by atoms with Crippen molar-refractivity contribution in [3.8, 4) is 0 Å². The van der Waals surface area contributed by atoms with Gasteiger partial charge in [0.05, 0.1) is 4.70 Å². The minimum Gasteiger partial charge on any atom is -0.302 e. The Morgan fingerprint density at radius 1 is 1.53 bits per heavy atom. The molecular weight excluding hydrogens is 239 g/mol. The van der Waals surface area contributed by atoms with Gasteiger partial charge in [0.25, 0.3) is 0 Å². The van der Waals surface area contributed by atoms with E-state index in [2.05, 4.69) is 10.3 Å². The van der Waals surface area contributed by atoms with Crippen LogP contribution in [0.3, 0.4) is 0 Å². The molecule has 0 saturated heterocycles. The maximum atomic E-state index is 13.4. The number of nitrogens with one attached hydrogen (secondary N) is 1. The average molecular weight is 252 g/mol. The predicted octanol–water partition coefficient (Wildman–Crippen LogP) is 3.56. The first-order chi connectivity index (χ1) is 8.20. The van der Waals surface area contributed by atoms with Gasteiger partial charge in [-0.3, -0.25) is 4.79 Å². The number of para-hydroxylation sites is 1. The average Bonchev–Trinajstić information content (AvgIpc) is 2.70. The van der Waals surface area contributed by atoms with Crippen molar-refractivity contribution in [3.05, 3.63) is 24.0 Å². The summed E-state index contributed by atoms with van der Waals surface area (Å²) in [5.74, 6) is -0.417.